The van der Waals surface area contributed by atoms with E-state index in [4.69, 9.17) is 10.5 Å². The number of carbonyl (C=O) groups excluding carboxylic acids is 2. The van der Waals surface area contributed by atoms with Crippen LogP contribution in [0.5, 0.6) is 5.75 Å². The van der Waals surface area contributed by atoms with Crippen LogP contribution in [0, 0.1) is 24.4 Å². The Balaban J connectivity index is 1.26. The van der Waals surface area contributed by atoms with Gasteiger partial charge in [-0.15, -0.1) is 0 Å². The molecular weight excluding hydrogens is 491 g/mol. The van der Waals surface area contributed by atoms with Gasteiger partial charge in [0.2, 0.25) is 0 Å². The number of nitrogens with zero attached hydrogens (tertiary/aromatic N) is 6. The number of pyridine rings is 1. The molecule has 13 heteroatoms. The number of carbonyl (C=O) groups is 2. The maximum atomic E-state index is 14.5. The number of aromatic nitrogens is 3. The molecule has 0 radical (unpaired) electrons. The molecule has 0 aliphatic carbocycles. The van der Waals surface area contributed by atoms with Crippen LogP contribution in [0.3, 0.4) is 0 Å². The number of aryl methyl sites for hydroxylation is 1. The van der Waals surface area contributed by atoms with Crippen molar-refractivity contribution in [2.45, 2.75) is 25.5 Å². The number of hydrogen-bond acceptors (Lipinski definition) is 6. The Kier molecular flexibility index (Phi) is 6.05. The molecule has 1 saturated heterocycles. The number of hydrogen-bond donors (Lipinski definition) is 1. The Morgan fingerprint density at radius 3 is 2.46 bits per heavy atom. The second kappa shape index (κ2) is 9.22. The minimum absolute atomic E-state index is 0.0833. The maximum Gasteiger partial charge on any atom is 0.341 e. The van der Waals surface area contributed by atoms with Gasteiger partial charge in [0.1, 0.15) is 29.1 Å². The number of benzene rings is 1. The standard InChI is InChI=1S/C24H22F3N7O3/c1-12-21(31-32(2)22(12)23(28)35)18-8-20(17(27)9-29-18)37-16-10-33(11-16)24(36)34-19(3-4-30-34)13-5-14(25)7-15(26)6-13/h4-9,16,19H,3,10-11H2,1-2H3,(H2,28,35). The number of likely N-dealkylation sites (tertiary alicyclic amines) is 1. The Bertz CT molecular complexity index is 1410. The first-order chi connectivity index (χ1) is 17.6. The summed E-state index contributed by atoms with van der Waals surface area (Å²) < 4.78 is 48.9. The van der Waals surface area contributed by atoms with Crippen molar-refractivity contribution in [2.24, 2.45) is 17.9 Å². The van der Waals surface area contributed by atoms with Gasteiger partial charge in [0.25, 0.3) is 5.91 Å². The monoisotopic (exact) mass is 513 g/mol. The lowest BCUT2D eigenvalue weighted by molar-refractivity contribution is 0.0256. The van der Waals surface area contributed by atoms with Gasteiger partial charge in [-0.2, -0.15) is 10.2 Å². The van der Waals surface area contributed by atoms with Crippen LogP contribution in [0.1, 0.15) is 34.1 Å². The summed E-state index contributed by atoms with van der Waals surface area (Å²) in [6, 6.07) is 3.39. The first-order valence-electron chi connectivity index (χ1n) is 11.3. The third kappa shape index (κ3) is 4.47. The summed E-state index contributed by atoms with van der Waals surface area (Å²) in [5.74, 6) is -2.91. The number of amides is 3. The lowest BCUT2D eigenvalue weighted by Crippen LogP contribution is -2.58. The maximum absolute atomic E-state index is 14.5. The highest BCUT2D eigenvalue weighted by molar-refractivity contribution is 5.94. The fourth-order valence-electron chi connectivity index (χ4n) is 4.49. The Hall–Kier alpha value is -4.42. The number of primary amides is 1. The summed E-state index contributed by atoms with van der Waals surface area (Å²) >= 11 is 0. The summed E-state index contributed by atoms with van der Waals surface area (Å²) in [6.45, 7) is 1.97. The van der Waals surface area contributed by atoms with E-state index >= 15 is 0 Å². The van der Waals surface area contributed by atoms with Gasteiger partial charge in [0.15, 0.2) is 11.6 Å². The molecule has 0 spiro atoms. The van der Waals surface area contributed by atoms with Crippen molar-refractivity contribution in [1.29, 1.82) is 0 Å². The molecule has 192 valence electrons. The van der Waals surface area contributed by atoms with Crippen LogP contribution < -0.4 is 10.5 Å². The van der Waals surface area contributed by atoms with E-state index in [0.717, 1.165) is 12.3 Å². The van der Waals surface area contributed by atoms with Crippen molar-refractivity contribution >= 4 is 18.2 Å². The second-order valence-corrected chi connectivity index (χ2v) is 8.83. The molecular formula is C24H22F3N7O3. The average Bonchev–Trinajstić information content (AvgIpc) is 3.40. The van der Waals surface area contributed by atoms with Crippen LogP contribution in [0.4, 0.5) is 18.0 Å². The van der Waals surface area contributed by atoms with Crippen molar-refractivity contribution < 1.29 is 27.5 Å². The zero-order chi connectivity index (χ0) is 26.4. The second-order valence-electron chi connectivity index (χ2n) is 8.83. The highest BCUT2D eigenvalue weighted by Gasteiger charge is 2.39. The summed E-state index contributed by atoms with van der Waals surface area (Å²) in [5.41, 5.74) is 7.07. The predicted octanol–water partition coefficient (Wildman–Crippen LogP) is 2.92. The molecule has 10 nitrogen and oxygen atoms in total. The van der Waals surface area contributed by atoms with Gasteiger partial charge in [0.05, 0.1) is 31.0 Å². The van der Waals surface area contributed by atoms with Crippen LogP contribution in [0.15, 0.2) is 35.6 Å². The topological polar surface area (TPSA) is 119 Å². The normalized spacial score (nSPS) is 17.3. The first kappa shape index (κ1) is 24.3. The number of urea groups is 1. The summed E-state index contributed by atoms with van der Waals surface area (Å²) in [5, 5.41) is 9.52. The molecule has 1 fully saturated rings. The quantitative estimate of drug-likeness (QED) is 0.563. The zero-order valence-electron chi connectivity index (χ0n) is 19.9. The van der Waals surface area contributed by atoms with E-state index in [1.54, 1.807) is 14.0 Å². The molecule has 0 bridgehead atoms. The highest BCUT2D eigenvalue weighted by atomic mass is 19.1. The minimum Gasteiger partial charge on any atom is -0.483 e. The van der Waals surface area contributed by atoms with E-state index in [1.807, 2.05) is 0 Å². The predicted molar refractivity (Wildman–Crippen MR) is 125 cm³/mol. The lowest BCUT2D eigenvalue weighted by Gasteiger charge is -2.41. The number of ether oxygens (including phenoxy) is 1. The molecule has 2 N–H and O–H groups in total. The van der Waals surface area contributed by atoms with E-state index < -0.39 is 41.5 Å². The first-order valence-corrected chi connectivity index (χ1v) is 11.3. The molecule has 37 heavy (non-hydrogen) atoms. The summed E-state index contributed by atoms with van der Waals surface area (Å²) in [7, 11) is 1.57. The van der Waals surface area contributed by atoms with Crippen molar-refractivity contribution in [3.05, 3.63) is 64.7 Å². The van der Waals surface area contributed by atoms with E-state index in [1.165, 1.54) is 39.0 Å². The molecule has 0 saturated carbocycles. The Morgan fingerprint density at radius 2 is 1.81 bits per heavy atom. The van der Waals surface area contributed by atoms with E-state index in [9.17, 15) is 22.8 Å². The molecule has 3 aromatic rings. The van der Waals surface area contributed by atoms with Gasteiger partial charge >= 0.3 is 6.03 Å². The molecule has 1 aromatic carbocycles. The van der Waals surface area contributed by atoms with Crippen molar-refractivity contribution in [3.63, 3.8) is 0 Å². The zero-order valence-corrected chi connectivity index (χ0v) is 19.9. The van der Waals surface area contributed by atoms with E-state index in [-0.39, 0.29) is 24.5 Å². The number of halogens is 3. The van der Waals surface area contributed by atoms with Crippen LogP contribution in [0.25, 0.3) is 11.4 Å². The molecule has 4 heterocycles. The van der Waals surface area contributed by atoms with Crippen LogP contribution in [-0.2, 0) is 7.05 Å². The summed E-state index contributed by atoms with van der Waals surface area (Å²) in [6.07, 6.45) is 2.32. The summed E-state index contributed by atoms with van der Waals surface area (Å²) in [4.78, 5) is 30.2. The van der Waals surface area contributed by atoms with Crippen LogP contribution >= 0.6 is 0 Å². The van der Waals surface area contributed by atoms with Crippen molar-refractivity contribution in [3.8, 4) is 17.1 Å². The van der Waals surface area contributed by atoms with Crippen molar-refractivity contribution in [1.82, 2.24) is 24.7 Å². The van der Waals surface area contributed by atoms with Gasteiger partial charge in [-0.05, 0) is 24.6 Å². The minimum atomic E-state index is -0.739. The number of rotatable bonds is 5. The molecule has 5 rings (SSSR count). The van der Waals surface area contributed by atoms with Crippen LogP contribution in [-0.4, -0.2) is 62.0 Å². The molecule has 1 unspecified atom stereocenters. The third-order valence-corrected chi connectivity index (χ3v) is 6.29. The van der Waals surface area contributed by atoms with Crippen molar-refractivity contribution in [2.75, 3.05) is 13.1 Å². The molecule has 2 aliphatic rings. The van der Waals surface area contributed by atoms with Gasteiger partial charge in [-0.3, -0.25) is 14.5 Å². The molecule has 3 amide bonds. The van der Waals surface area contributed by atoms with Gasteiger partial charge < -0.3 is 15.4 Å². The van der Waals surface area contributed by atoms with Gasteiger partial charge in [-0.25, -0.2) is 23.0 Å². The molecule has 2 aliphatic heterocycles. The SMILES string of the molecule is Cc1c(-c2cc(OC3CN(C(=O)N4N=CCC4c4cc(F)cc(F)c4)C3)c(F)cn2)nn(C)c1C(N)=O. The van der Waals surface area contributed by atoms with Gasteiger partial charge in [0, 0.05) is 37.4 Å². The highest BCUT2D eigenvalue weighted by Crippen LogP contribution is 2.32. The fourth-order valence-corrected chi connectivity index (χ4v) is 4.49. The molecule has 2 aromatic heterocycles. The average molecular weight is 513 g/mol. The number of hydrazone groups is 1. The Labute approximate surface area is 209 Å². The lowest BCUT2D eigenvalue weighted by atomic mass is 10.0. The number of nitrogens with two attached hydrogens (primary N) is 1. The fraction of sp³-hybridized carbons (Fsp3) is 0.292. The Morgan fingerprint density at radius 1 is 1.11 bits per heavy atom. The molecule has 1 atom stereocenters. The largest absolute Gasteiger partial charge is 0.483 e. The smallest absolute Gasteiger partial charge is 0.341 e. The van der Waals surface area contributed by atoms with E-state index in [0.29, 0.717) is 28.9 Å². The van der Waals surface area contributed by atoms with Gasteiger partial charge in [-0.1, -0.05) is 0 Å². The third-order valence-electron chi connectivity index (χ3n) is 6.29. The van der Waals surface area contributed by atoms with E-state index in [2.05, 4.69) is 15.2 Å². The van der Waals surface area contributed by atoms with Crippen LogP contribution in [0.2, 0.25) is 0 Å².